The predicted molar refractivity (Wildman–Crippen MR) is 93.1 cm³/mol. The van der Waals surface area contributed by atoms with Crippen molar-refractivity contribution >= 4 is 27.8 Å². The molecule has 0 unspecified atom stereocenters. The number of allylic oxidation sites excluding steroid dienone is 1. The molecule has 0 saturated carbocycles. The van der Waals surface area contributed by atoms with Gasteiger partial charge in [0.15, 0.2) is 0 Å². The Bertz CT molecular complexity index is 899. The molecule has 3 rings (SSSR count). The third-order valence-electron chi connectivity index (χ3n) is 3.92. The van der Waals surface area contributed by atoms with Gasteiger partial charge in [0.1, 0.15) is 0 Å². The van der Waals surface area contributed by atoms with Gasteiger partial charge in [-0.2, -0.15) is 0 Å². The van der Waals surface area contributed by atoms with E-state index in [2.05, 4.69) is 9.46 Å². The van der Waals surface area contributed by atoms with Crippen molar-refractivity contribution < 1.29 is 17.9 Å². The van der Waals surface area contributed by atoms with Crippen LogP contribution in [-0.2, 0) is 21.2 Å². The smallest absolute Gasteiger partial charge is 0.337 e. The maximum absolute atomic E-state index is 12.6. The number of rotatable bonds is 4. The van der Waals surface area contributed by atoms with Crippen LogP contribution < -0.4 is 4.72 Å². The topological polar surface area (TPSA) is 72.5 Å². The van der Waals surface area contributed by atoms with E-state index in [0.29, 0.717) is 29.0 Å². The highest BCUT2D eigenvalue weighted by molar-refractivity contribution is 7.96. The zero-order valence-corrected chi connectivity index (χ0v) is 14.0. The number of benzene rings is 2. The Balaban J connectivity index is 1.82. The SMILES string of the molecule is COC(=O)c1ccc(NS(=O)(=O)C2=Cc3ccccc3CC2)cc1. The summed E-state index contributed by atoms with van der Waals surface area (Å²) < 4.78 is 32.3. The van der Waals surface area contributed by atoms with Crippen molar-refractivity contribution in [2.45, 2.75) is 12.8 Å². The number of esters is 1. The molecule has 0 saturated heterocycles. The zero-order chi connectivity index (χ0) is 17.2. The van der Waals surface area contributed by atoms with Crippen molar-refractivity contribution in [2.24, 2.45) is 0 Å². The number of anilines is 1. The fourth-order valence-corrected chi connectivity index (χ4v) is 3.86. The van der Waals surface area contributed by atoms with Gasteiger partial charge >= 0.3 is 5.97 Å². The first-order chi connectivity index (χ1) is 11.5. The quantitative estimate of drug-likeness (QED) is 0.865. The van der Waals surface area contributed by atoms with Crippen molar-refractivity contribution in [3.05, 3.63) is 70.1 Å². The molecule has 6 heteroatoms. The molecular formula is C18H17NO4S. The number of hydrogen-bond acceptors (Lipinski definition) is 4. The second-order valence-corrected chi connectivity index (χ2v) is 7.22. The van der Waals surface area contributed by atoms with Gasteiger partial charge in [0.2, 0.25) is 0 Å². The molecule has 124 valence electrons. The van der Waals surface area contributed by atoms with Gasteiger partial charge in [-0.25, -0.2) is 13.2 Å². The molecule has 1 N–H and O–H groups in total. The van der Waals surface area contributed by atoms with Crippen LogP contribution in [0.15, 0.2) is 53.4 Å². The van der Waals surface area contributed by atoms with E-state index in [0.717, 1.165) is 11.1 Å². The highest BCUT2D eigenvalue weighted by atomic mass is 32.2. The lowest BCUT2D eigenvalue weighted by atomic mass is 9.98. The molecule has 2 aromatic rings. The highest BCUT2D eigenvalue weighted by Gasteiger charge is 2.21. The Kier molecular flexibility index (Phi) is 4.40. The molecule has 0 heterocycles. The second kappa shape index (κ2) is 6.49. The summed E-state index contributed by atoms with van der Waals surface area (Å²) in [5.41, 5.74) is 2.86. The van der Waals surface area contributed by atoms with Crippen molar-refractivity contribution in [1.82, 2.24) is 0 Å². The monoisotopic (exact) mass is 343 g/mol. The lowest BCUT2D eigenvalue weighted by Crippen LogP contribution is -2.17. The molecule has 0 aromatic heterocycles. The van der Waals surface area contributed by atoms with Gasteiger partial charge in [-0.15, -0.1) is 0 Å². The van der Waals surface area contributed by atoms with Gasteiger partial charge in [-0.1, -0.05) is 24.3 Å². The van der Waals surface area contributed by atoms with Crippen molar-refractivity contribution in [2.75, 3.05) is 11.8 Å². The minimum atomic E-state index is -3.62. The molecule has 0 aliphatic heterocycles. The highest BCUT2D eigenvalue weighted by Crippen LogP contribution is 2.28. The fraction of sp³-hybridized carbons (Fsp3) is 0.167. The van der Waals surface area contributed by atoms with Crippen LogP contribution in [0.2, 0.25) is 0 Å². The van der Waals surface area contributed by atoms with Crippen LogP contribution in [0.3, 0.4) is 0 Å². The summed E-state index contributed by atoms with van der Waals surface area (Å²) in [6.07, 6.45) is 2.88. The summed E-state index contributed by atoms with van der Waals surface area (Å²) in [6.45, 7) is 0. The minimum absolute atomic E-state index is 0.359. The normalized spacial score (nSPS) is 13.6. The Hall–Kier alpha value is -2.60. The Labute approximate surface area is 141 Å². The molecule has 24 heavy (non-hydrogen) atoms. The molecular weight excluding hydrogens is 326 g/mol. The van der Waals surface area contributed by atoms with Crippen LogP contribution in [-0.4, -0.2) is 21.5 Å². The van der Waals surface area contributed by atoms with Gasteiger partial charge < -0.3 is 4.74 Å². The molecule has 5 nitrogen and oxygen atoms in total. The van der Waals surface area contributed by atoms with E-state index in [1.165, 1.54) is 19.2 Å². The van der Waals surface area contributed by atoms with E-state index in [4.69, 9.17) is 0 Å². The third-order valence-corrected chi connectivity index (χ3v) is 5.43. The molecule has 0 bridgehead atoms. The van der Waals surface area contributed by atoms with Crippen molar-refractivity contribution in [3.8, 4) is 0 Å². The molecule has 0 spiro atoms. The van der Waals surface area contributed by atoms with Crippen LogP contribution in [0, 0.1) is 0 Å². The zero-order valence-electron chi connectivity index (χ0n) is 13.2. The van der Waals surface area contributed by atoms with Crippen LogP contribution in [0.5, 0.6) is 0 Å². The summed E-state index contributed by atoms with van der Waals surface area (Å²) in [7, 11) is -2.32. The first-order valence-electron chi connectivity index (χ1n) is 7.49. The maximum Gasteiger partial charge on any atom is 0.337 e. The molecule has 0 radical (unpaired) electrons. The number of ether oxygens (including phenoxy) is 1. The summed E-state index contributed by atoms with van der Waals surface area (Å²) >= 11 is 0. The van der Waals surface area contributed by atoms with Gasteiger partial charge in [-0.05, 0) is 54.3 Å². The molecule has 1 aliphatic rings. The van der Waals surface area contributed by atoms with Crippen LogP contribution >= 0.6 is 0 Å². The van der Waals surface area contributed by atoms with Crippen LogP contribution in [0.4, 0.5) is 5.69 Å². The Morgan fingerprint density at radius 1 is 1.04 bits per heavy atom. The largest absolute Gasteiger partial charge is 0.465 e. The standard InChI is InChI=1S/C18H17NO4S/c1-23-18(20)14-6-9-16(10-7-14)19-24(21,22)17-11-8-13-4-2-3-5-15(13)12-17/h2-7,9-10,12,19H,8,11H2,1H3. The third kappa shape index (κ3) is 3.33. The molecule has 0 amide bonds. The van der Waals surface area contributed by atoms with E-state index >= 15 is 0 Å². The molecule has 2 aromatic carbocycles. The lowest BCUT2D eigenvalue weighted by molar-refractivity contribution is 0.0601. The van der Waals surface area contributed by atoms with E-state index in [1.807, 2.05) is 24.3 Å². The first-order valence-corrected chi connectivity index (χ1v) is 8.97. The van der Waals surface area contributed by atoms with Crippen LogP contribution in [0.25, 0.3) is 6.08 Å². The Morgan fingerprint density at radius 3 is 2.46 bits per heavy atom. The Morgan fingerprint density at radius 2 is 1.75 bits per heavy atom. The summed E-state index contributed by atoms with van der Waals surface area (Å²) in [6, 6.07) is 13.9. The number of carbonyl (C=O) groups is 1. The van der Waals surface area contributed by atoms with Crippen molar-refractivity contribution in [1.29, 1.82) is 0 Å². The van der Waals surface area contributed by atoms with E-state index in [1.54, 1.807) is 18.2 Å². The fourth-order valence-electron chi connectivity index (χ4n) is 2.63. The maximum atomic E-state index is 12.6. The molecule has 1 aliphatic carbocycles. The summed E-state index contributed by atoms with van der Waals surface area (Å²) in [4.78, 5) is 11.8. The number of sulfonamides is 1. The van der Waals surface area contributed by atoms with Gasteiger partial charge in [-0.3, -0.25) is 4.72 Å². The number of nitrogens with one attached hydrogen (secondary N) is 1. The molecule has 0 fully saturated rings. The van der Waals surface area contributed by atoms with Crippen molar-refractivity contribution in [3.63, 3.8) is 0 Å². The number of fused-ring (bicyclic) bond motifs is 1. The van der Waals surface area contributed by atoms with Gasteiger partial charge in [0.05, 0.1) is 17.6 Å². The number of aryl methyl sites for hydroxylation is 1. The average molecular weight is 343 g/mol. The number of carbonyl (C=O) groups excluding carboxylic acids is 1. The van der Waals surface area contributed by atoms with E-state index in [-0.39, 0.29) is 0 Å². The first kappa shape index (κ1) is 16.3. The average Bonchev–Trinajstić information content (AvgIpc) is 2.61. The van der Waals surface area contributed by atoms with E-state index in [9.17, 15) is 13.2 Å². The second-order valence-electron chi connectivity index (χ2n) is 5.48. The van der Waals surface area contributed by atoms with Crippen LogP contribution in [0.1, 0.15) is 27.9 Å². The van der Waals surface area contributed by atoms with Gasteiger partial charge in [0.25, 0.3) is 10.0 Å². The lowest BCUT2D eigenvalue weighted by Gasteiger charge is -2.17. The molecule has 0 atom stereocenters. The number of methoxy groups -OCH3 is 1. The minimum Gasteiger partial charge on any atom is -0.465 e. The predicted octanol–water partition coefficient (Wildman–Crippen LogP) is 3.20. The van der Waals surface area contributed by atoms with E-state index < -0.39 is 16.0 Å². The summed E-state index contributed by atoms with van der Waals surface area (Å²) in [5, 5.41) is 0. The number of hydrogen-bond donors (Lipinski definition) is 1. The van der Waals surface area contributed by atoms with Gasteiger partial charge in [0, 0.05) is 5.69 Å². The summed E-state index contributed by atoms with van der Waals surface area (Å²) in [5.74, 6) is -0.462.